The van der Waals surface area contributed by atoms with Gasteiger partial charge in [-0.2, -0.15) is 0 Å². The van der Waals surface area contributed by atoms with Crippen molar-refractivity contribution in [1.29, 1.82) is 0 Å². The molecule has 0 atom stereocenters. The van der Waals surface area contributed by atoms with Gasteiger partial charge in [-0.05, 0) is 38.9 Å². The third-order valence-electron chi connectivity index (χ3n) is 8.90. The van der Waals surface area contributed by atoms with E-state index in [2.05, 4.69) is 140 Å². The Morgan fingerprint density at radius 3 is 1.98 bits per heavy atom. The van der Waals surface area contributed by atoms with Gasteiger partial charge in [-0.1, -0.05) is 149 Å². The third-order valence-corrected chi connectivity index (χ3v) is 16.2. The van der Waals surface area contributed by atoms with Crippen LogP contribution in [0.1, 0.15) is 0 Å². The molecule has 2 aliphatic rings. The molecule has 0 fully saturated rings. The maximum Gasteiger partial charge on any atom is 0.243 e. The first-order valence-corrected chi connectivity index (χ1v) is 17.4. The lowest BCUT2D eigenvalue weighted by Crippen LogP contribution is -2.87. The van der Waals surface area contributed by atoms with Crippen LogP contribution in [0.15, 0.2) is 149 Å². The highest BCUT2D eigenvalue weighted by Crippen LogP contribution is 2.42. The van der Waals surface area contributed by atoms with Crippen molar-refractivity contribution < 1.29 is 0 Å². The van der Waals surface area contributed by atoms with E-state index < -0.39 is 8.07 Å². The third kappa shape index (κ3) is 2.94. The molecule has 0 nitrogen and oxygen atoms in total. The second-order valence-electron chi connectivity index (χ2n) is 10.8. The predicted molar refractivity (Wildman–Crippen MR) is 178 cm³/mol. The number of hydrogen-bond donors (Lipinski definition) is 0. The van der Waals surface area contributed by atoms with E-state index >= 15 is 0 Å². The van der Waals surface area contributed by atoms with E-state index in [0.717, 1.165) is 0 Å². The molecule has 0 aliphatic carbocycles. The zero-order chi connectivity index (χ0) is 26.3. The van der Waals surface area contributed by atoms with Gasteiger partial charge >= 0.3 is 0 Å². The predicted octanol–water partition coefficient (Wildman–Crippen LogP) is 4.73. The quantitative estimate of drug-likeness (QED) is 0.277. The molecule has 0 radical (unpaired) electrons. The summed E-state index contributed by atoms with van der Waals surface area (Å²) in [6, 6.07) is 52.9. The molecule has 0 saturated carbocycles. The summed E-state index contributed by atoms with van der Waals surface area (Å²) in [6.45, 7) is 0.231. The first kappa shape index (κ1) is 22.9. The summed E-state index contributed by atoms with van der Waals surface area (Å²) in [5.74, 6) is 0. The molecule has 0 N–H and O–H groups in total. The summed E-state index contributed by atoms with van der Waals surface area (Å²) in [5, 5.41) is 8.78. The minimum Gasteiger partial charge on any atom is -0.135 e. The minimum absolute atomic E-state index is 0.231. The van der Waals surface area contributed by atoms with Crippen LogP contribution in [-0.4, -0.2) is 14.8 Å². The minimum atomic E-state index is -2.55. The van der Waals surface area contributed by atoms with Crippen molar-refractivity contribution in [3.8, 4) is 0 Å². The Morgan fingerprint density at radius 2 is 1.18 bits per heavy atom. The Hall–Kier alpha value is -3.83. The summed E-state index contributed by atoms with van der Waals surface area (Å²) < 4.78 is 2.75. The average Bonchev–Trinajstić information content (AvgIpc) is 3.41. The van der Waals surface area contributed by atoms with Gasteiger partial charge in [0.15, 0.2) is 8.07 Å². The lowest BCUT2D eigenvalue weighted by molar-refractivity contribution is 1.48. The van der Waals surface area contributed by atoms with Crippen LogP contribution in [-0.2, 0) is 0 Å². The highest BCUT2D eigenvalue weighted by molar-refractivity contribution is 8.00. The highest BCUT2D eigenvalue weighted by Gasteiger charge is 2.51. The van der Waals surface area contributed by atoms with Gasteiger partial charge in [0.25, 0.3) is 0 Å². The summed E-state index contributed by atoms with van der Waals surface area (Å²) in [7, 11) is -2.55. The molecule has 0 spiro atoms. The van der Waals surface area contributed by atoms with Crippen LogP contribution in [0.4, 0.5) is 0 Å². The molecule has 0 unspecified atom stereocenters. The first-order chi connectivity index (χ1) is 19.9. The van der Waals surface area contributed by atoms with Crippen molar-refractivity contribution in [2.45, 2.75) is 9.79 Å². The van der Waals surface area contributed by atoms with E-state index in [9.17, 15) is 0 Å². The molecule has 6 aromatic carbocycles. The van der Waals surface area contributed by atoms with Crippen molar-refractivity contribution >= 4 is 95.2 Å². The Labute approximate surface area is 243 Å². The summed E-state index contributed by atoms with van der Waals surface area (Å²) >= 11 is 3.91. The van der Waals surface area contributed by atoms with Crippen LogP contribution in [0.5, 0.6) is 0 Å². The van der Waals surface area contributed by atoms with Gasteiger partial charge in [-0.25, -0.2) is 0 Å². The van der Waals surface area contributed by atoms with Crippen molar-refractivity contribution in [2.24, 2.45) is 0 Å². The fraction of sp³-hybridized carbons (Fsp3) is 0. The number of benzene rings is 6. The zero-order valence-electron chi connectivity index (χ0n) is 21.7. The van der Waals surface area contributed by atoms with Gasteiger partial charge < -0.3 is 0 Å². The van der Waals surface area contributed by atoms with Gasteiger partial charge in [-0.3, -0.25) is 0 Å². The van der Waals surface area contributed by atoms with Gasteiger partial charge in [-0.15, -0.1) is 11.3 Å². The van der Waals surface area contributed by atoms with E-state index in [1.54, 1.807) is 5.19 Å². The average molecular weight is 559 g/mol. The molecular formula is C36H23BS2Si. The zero-order valence-corrected chi connectivity index (χ0v) is 24.3. The van der Waals surface area contributed by atoms with Crippen LogP contribution in [0, 0.1) is 0 Å². The molecule has 2 aliphatic heterocycles. The van der Waals surface area contributed by atoms with Crippen LogP contribution in [0.25, 0.3) is 20.2 Å². The Kier molecular flexibility index (Phi) is 4.92. The molecule has 186 valence electrons. The SMILES string of the molecule is c1ccc([Si]2(c3ccccc3)c3ccccc3B3c4ccc5sc6ccccc6c5c4Sc4cccc2c43)cc1. The standard InChI is InChI=1S/C36H23BS2Si/c1-3-12-24(13-4-1)40(25-14-5-2-6-15-25)32-20-10-8-17-27(32)37-28-22-23-30-34(26-16-7-9-18-29(26)38-30)36(28)39-31-19-11-21-33(40)35(31)37/h1-23H. The highest BCUT2D eigenvalue weighted by atomic mass is 32.2. The lowest BCUT2D eigenvalue weighted by atomic mass is 9.36. The Morgan fingerprint density at radius 1 is 0.500 bits per heavy atom. The number of thiophene rings is 1. The van der Waals surface area contributed by atoms with Gasteiger partial charge in [0.1, 0.15) is 0 Å². The second-order valence-corrected chi connectivity index (χ2v) is 16.6. The molecule has 40 heavy (non-hydrogen) atoms. The number of rotatable bonds is 2. The lowest BCUT2D eigenvalue weighted by Gasteiger charge is -2.44. The molecule has 7 aromatic rings. The molecule has 1 aromatic heterocycles. The Bertz CT molecular complexity index is 2060. The molecule has 4 heteroatoms. The summed E-state index contributed by atoms with van der Waals surface area (Å²) in [4.78, 5) is 2.85. The van der Waals surface area contributed by atoms with E-state index in [1.165, 1.54) is 61.9 Å². The van der Waals surface area contributed by atoms with Crippen LogP contribution < -0.4 is 37.1 Å². The summed E-state index contributed by atoms with van der Waals surface area (Å²) in [6.07, 6.45) is 0. The largest absolute Gasteiger partial charge is 0.243 e. The van der Waals surface area contributed by atoms with Crippen LogP contribution >= 0.6 is 23.1 Å². The molecule has 0 saturated heterocycles. The normalized spacial score (nSPS) is 14.6. The van der Waals surface area contributed by atoms with Crippen molar-refractivity contribution in [1.82, 2.24) is 0 Å². The van der Waals surface area contributed by atoms with E-state index in [0.29, 0.717) is 0 Å². The maximum atomic E-state index is 2.46. The van der Waals surface area contributed by atoms with E-state index in [-0.39, 0.29) is 6.71 Å². The summed E-state index contributed by atoms with van der Waals surface area (Å²) in [5.41, 5.74) is 4.45. The smallest absolute Gasteiger partial charge is 0.135 e. The van der Waals surface area contributed by atoms with Crippen LogP contribution in [0.2, 0.25) is 0 Å². The number of fused-ring (bicyclic) bond motifs is 8. The van der Waals surface area contributed by atoms with Crippen molar-refractivity contribution in [3.05, 3.63) is 140 Å². The monoisotopic (exact) mass is 558 g/mol. The molecule has 9 rings (SSSR count). The van der Waals surface area contributed by atoms with Crippen molar-refractivity contribution in [3.63, 3.8) is 0 Å². The molecule has 0 amide bonds. The van der Waals surface area contributed by atoms with Crippen molar-refractivity contribution in [2.75, 3.05) is 0 Å². The topological polar surface area (TPSA) is 0 Å². The van der Waals surface area contributed by atoms with Gasteiger partial charge in [0.05, 0.1) is 0 Å². The Balaban J connectivity index is 1.43. The number of hydrogen-bond acceptors (Lipinski definition) is 2. The van der Waals surface area contributed by atoms with E-state index in [4.69, 9.17) is 0 Å². The molecular weight excluding hydrogens is 535 g/mol. The first-order valence-electron chi connectivity index (χ1n) is 13.8. The fourth-order valence-corrected chi connectivity index (χ4v) is 15.3. The maximum absolute atomic E-state index is 2.55. The van der Waals surface area contributed by atoms with Crippen LogP contribution in [0.3, 0.4) is 0 Å². The molecule has 3 heterocycles. The van der Waals surface area contributed by atoms with Gasteiger partial charge in [0.2, 0.25) is 6.71 Å². The second kappa shape index (κ2) is 8.58. The van der Waals surface area contributed by atoms with Gasteiger partial charge in [0, 0.05) is 30.0 Å². The fourth-order valence-electron chi connectivity index (χ4n) is 7.39. The molecule has 0 bridgehead atoms. The van der Waals surface area contributed by atoms with E-state index in [1.807, 2.05) is 23.1 Å².